The van der Waals surface area contributed by atoms with Gasteiger partial charge in [-0.05, 0) is 5.56 Å². The van der Waals surface area contributed by atoms with Gasteiger partial charge in [0.05, 0.1) is 0 Å². The van der Waals surface area contributed by atoms with E-state index in [4.69, 9.17) is 0 Å². The van der Waals surface area contributed by atoms with Crippen LogP contribution in [0.5, 0.6) is 0 Å². The molecule has 0 aliphatic carbocycles. The van der Waals surface area contributed by atoms with Gasteiger partial charge in [-0.2, -0.15) is 0 Å². The van der Waals surface area contributed by atoms with Gasteiger partial charge in [-0.25, -0.2) is 0 Å². The average Bonchev–Trinajstić information content (AvgIpc) is 2.71. The van der Waals surface area contributed by atoms with E-state index >= 15 is 0 Å². The molecule has 0 atom stereocenters. The van der Waals surface area contributed by atoms with Crippen molar-refractivity contribution in [3.63, 3.8) is 0 Å². The van der Waals surface area contributed by atoms with E-state index in [9.17, 15) is 14.4 Å². The maximum absolute atomic E-state index is 12.0. The normalized spacial score (nSPS) is 15.4. The zero-order chi connectivity index (χ0) is 19.8. The van der Waals surface area contributed by atoms with Crippen molar-refractivity contribution in [2.75, 3.05) is 39.3 Å². The Bertz CT molecular complexity index is 869. The summed E-state index contributed by atoms with van der Waals surface area (Å²) in [6.07, 6.45) is 3.05. The molecule has 1 aromatic carbocycles. The van der Waals surface area contributed by atoms with Crippen molar-refractivity contribution in [2.24, 2.45) is 0 Å². The molecule has 1 saturated heterocycles. The van der Waals surface area contributed by atoms with E-state index in [1.54, 1.807) is 0 Å². The number of nitrogens with zero attached hydrogens (tertiary/aromatic N) is 3. The molecule has 0 saturated carbocycles. The molecule has 28 heavy (non-hydrogen) atoms. The predicted octanol–water partition coefficient (Wildman–Crippen LogP) is -0.139. The number of hydrogen-bond donors (Lipinski definition) is 2. The molecule has 2 N–H and O–H groups in total. The van der Waals surface area contributed by atoms with Crippen LogP contribution in [0.15, 0.2) is 52.3 Å². The second-order valence-electron chi connectivity index (χ2n) is 6.99. The number of piperazine rings is 1. The smallest absolute Gasteiger partial charge is 0.316 e. The molecule has 1 amide bonds. The maximum Gasteiger partial charge on any atom is 0.316 e. The number of amides is 1. The molecule has 2 heterocycles. The lowest BCUT2D eigenvalue weighted by Crippen LogP contribution is -2.48. The first-order chi connectivity index (χ1) is 13.6. The zero-order valence-corrected chi connectivity index (χ0v) is 16.0. The van der Waals surface area contributed by atoms with E-state index in [0.717, 1.165) is 39.3 Å². The fourth-order valence-corrected chi connectivity index (χ4v) is 3.32. The molecule has 0 bridgehead atoms. The topological polar surface area (TPSA) is 90.4 Å². The van der Waals surface area contributed by atoms with Gasteiger partial charge in [0.2, 0.25) is 5.91 Å². The fourth-order valence-electron chi connectivity index (χ4n) is 3.32. The van der Waals surface area contributed by atoms with E-state index in [1.165, 1.54) is 22.5 Å². The summed E-state index contributed by atoms with van der Waals surface area (Å²) in [6.45, 7) is 6.61. The van der Waals surface area contributed by atoms with Gasteiger partial charge in [0.1, 0.15) is 0 Å². The third-order valence-electron chi connectivity index (χ3n) is 4.97. The third kappa shape index (κ3) is 5.90. The molecule has 8 nitrogen and oxygen atoms in total. The van der Waals surface area contributed by atoms with E-state index in [0.29, 0.717) is 6.54 Å². The lowest BCUT2D eigenvalue weighted by molar-refractivity contribution is -0.121. The Kier molecular flexibility index (Phi) is 7.16. The molecule has 150 valence electrons. The van der Waals surface area contributed by atoms with Crippen LogP contribution in [0.25, 0.3) is 0 Å². The van der Waals surface area contributed by atoms with Crippen LogP contribution in [-0.2, 0) is 17.9 Å². The van der Waals surface area contributed by atoms with Crippen LogP contribution in [0, 0.1) is 0 Å². The van der Waals surface area contributed by atoms with Gasteiger partial charge >= 0.3 is 11.1 Å². The van der Waals surface area contributed by atoms with E-state index in [2.05, 4.69) is 44.4 Å². The number of nitrogens with one attached hydrogen (secondary N) is 2. The molecule has 1 aromatic heterocycles. The first kappa shape index (κ1) is 20.0. The Labute approximate surface area is 163 Å². The van der Waals surface area contributed by atoms with Crippen LogP contribution in [0.1, 0.15) is 12.0 Å². The molecule has 0 spiro atoms. The quantitative estimate of drug-likeness (QED) is 0.618. The summed E-state index contributed by atoms with van der Waals surface area (Å²) in [6, 6.07) is 10.5. The Morgan fingerprint density at radius 1 is 1.00 bits per heavy atom. The molecule has 8 heteroatoms. The van der Waals surface area contributed by atoms with Crippen molar-refractivity contribution in [1.29, 1.82) is 0 Å². The van der Waals surface area contributed by atoms with Crippen LogP contribution < -0.4 is 16.4 Å². The Morgan fingerprint density at radius 3 is 2.46 bits per heavy atom. The lowest BCUT2D eigenvalue weighted by Gasteiger charge is -2.34. The van der Waals surface area contributed by atoms with Gasteiger partial charge in [-0.15, -0.1) is 0 Å². The number of aromatic nitrogens is 2. The number of aromatic amines is 1. The predicted molar refractivity (Wildman–Crippen MR) is 107 cm³/mol. The summed E-state index contributed by atoms with van der Waals surface area (Å²) in [4.78, 5) is 42.0. The largest absolute Gasteiger partial charge is 0.355 e. The molecule has 3 rings (SSSR count). The van der Waals surface area contributed by atoms with Crippen molar-refractivity contribution < 1.29 is 4.79 Å². The summed E-state index contributed by atoms with van der Waals surface area (Å²) >= 11 is 0. The van der Waals surface area contributed by atoms with Gasteiger partial charge in [-0.3, -0.25) is 24.2 Å². The minimum absolute atomic E-state index is 0.116. The van der Waals surface area contributed by atoms with Gasteiger partial charge < -0.3 is 14.9 Å². The molecule has 0 unspecified atom stereocenters. The molecular formula is C20H27N5O3. The van der Waals surface area contributed by atoms with Crippen LogP contribution in [0.2, 0.25) is 0 Å². The minimum Gasteiger partial charge on any atom is -0.355 e. The molecule has 1 fully saturated rings. The molecule has 1 aliphatic heterocycles. The van der Waals surface area contributed by atoms with Crippen molar-refractivity contribution in [1.82, 2.24) is 24.7 Å². The maximum atomic E-state index is 12.0. The Balaban J connectivity index is 1.31. The average molecular weight is 385 g/mol. The van der Waals surface area contributed by atoms with Crippen molar-refractivity contribution in [3.05, 3.63) is 69.0 Å². The highest BCUT2D eigenvalue weighted by Crippen LogP contribution is 2.07. The fraction of sp³-hybridized carbons (Fsp3) is 0.450. The molecule has 2 aromatic rings. The zero-order valence-electron chi connectivity index (χ0n) is 16.0. The number of benzene rings is 1. The first-order valence-electron chi connectivity index (χ1n) is 9.65. The molecular weight excluding hydrogens is 358 g/mol. The highest BCUT2D eigenvalue weighted by molar-refractivity contribution is 5.75. The van der Waals surface area contributed by atoms with E-state index in [-0.39, 0.29) is 18.9 Å². The van der Waals surface area contributed by atoms with Crippen LogP contribution in [0.4, 0.5) is 0 Å². The standard InChI is InChI=1S/C20H27N5O3/c26-18(6-9-25-11-8-22-19(27)20(25)28)21-7-10-23-12-14-24(15-13-23)16-17-4-2-1-3-5-17/h1-5,8,11H,6-7,9-10,12-16H2,(H,21,26)(H,22,27). The second kappa shape index (κ2) is 10.0. The summed E-state index contributed by atoms with van der Waals surface area (Å²) in [5, 5.41) is 2.89. The van der Waals surface area contributed by atoms with Crippen molar-refractivity contribution in [3.8, 4) is 0 Å². The highest BCUT2D eigenvalue weighted by Gasteiger charge is 2.16. The first-order valence-corrected chi connectivity index (χ1v) is 9.65. The second-order valence-corrected chi connectivity index (χ2v) is 6.99. The Hall–Kier alpha value is -2.71. The highest BCUT2D eigenvalue weighted by atomic mass is 16.2. The third-order valence-corrected chi connectivity index (χ3v) is 4.97. The van der Waals surface area contributed by atoms with Crippen LogP contribution in [-0.4, -0.2) is 64.5 Å². The van der Waals surface area contributed by atoms with Gasteiger partial charge in [0, 0.05) is 71.2 Å². The summed E-state index contributed by atoms with van der Waals surface area (Å²) in [7, 11) is 0. The van der Waals surface area contributed by atoms with Crippen molar-refractivity contribution >= 4 is 5.91 Å². The summed E-state index contributed by atoms with van der Waals surface area (Å²) < 4.78 is 1.25. The number of rotatable bonds is 8. The monoisotopic (exact) mass is 385 g/mol. The summed E-state index contributed by atoms with van der Waals surface area (Å²) in [5.41, 5.74) is 0.0284. The van der Waals surface area contributed by atoms with Gasteiger partial charge in [0.15, 0.2) is 0 Å². The van der Waals surface area contributed by atoms with E-state index in [1.807, 2.05) is 6.07 Å². The minimum atomic E-state index is -0.672. The van der Waals surface area contributed by atoms with Crippen LogP contribution >= 0.6 is 0 Å². The molecule has 1 aliphatic rings. The number of carbonyl (C=O) groups is 1. The van der Waals surface area contributed by atoms with Gasteiger partial charge in [0.25, 0.3) is 0 Å². The number of aryl methyl sites for hydroxylation is 1. The van der Waals surface area contributed by atoms with Gasteiger partial charge in [-0.1, -0.05) is 30.3 Å². The number of hydrogen-bond acceptors (Lipinski definition) is 5. The SMILES string of the molecule is O=C(CCn1cc[nH]c(=O)c1=O)NCCN1CCN(Cc2ccccc2)CC1. The molecule has 0 radical (unpaired) electrons. The van der Waals surface area contributed by atoms with Crippen LogP contribution in [0.3, 0.4) is 0 Å². The lowest BCUT2D eigenvalue weighted by atomic mass is 10.2. The number of H-pyrrole nitrogens is 1. The number of carbonyl (C=O) groups excluding carboxylic acids is 1. The van der Waals surface area contributed by atoms with Crippen molar-refractivity contribution in [2.45, 2.75) is 19.5 Å². The Morgan fingerprint density at radius 2 is 1.71 bits per heavy atom. The summed E-state index contributed by atoms with van der Waals surface area (Å²) in [5.74, 6) is -0.116. The van der Waals surface area contributed by atoms with E-state index < -0.39 is 11.1 Å².